The number of carboxylic acid groups (broad SMARTS) is 1. The van der Waals surface area contributed by atoms with Crippen LogP contribution in [0.5, 0.6) is 0 Å². The van der Waals surface area contributed by atoms with Crippen LogP contribution in [0.25, 0.3) is 0 Å². The van der Waals surface area contributed by atoms with E-state index in [-0.39, 0.29) is 16.8 Å². The van der Waals surface area contributed by atoms with Crippen LogP contribution in [-0.4, -0.2) is 54.7 Å². The summed E-state index contributed by atoms with van der Waals surface area (Å²) < 4.78 is 1.49. The molecule has 116 valence electrons. The van der Waals surface area contributed by atoms with Gasteiger partial charge in [-0.3, -0.25) is 19.2 Å². The highest BCUT2D eigenvalue weighted by Gasteiger charge is 2.53. The molecule has 3 rings (SSSR count). The quantitative estimate of drug-likeness (QED) is 0.746. The van der Waals surface area contributed by atoms with Crippen LogP contribution in [0.3, 0.4) is 0 Å². The maximum Gasteiger partial charge on any atom is 0.352 e. The first-order valence-corrected chi connectivity index (χ1v) is 7.63. The number of rotatable bonds is 3. The number of fused-ring (bicyclic) bond motifs is 1. The lowest BCUT2D eigenvalue weighted by molar-refractivity contribution is -0.148. The standard InChI is InChI=1S/C13H14N4O4S/c1-6-5-22-12-8(11(19)17(12)9(6)13(20)21)14-10(18)7-3-4-16(2)15-7/h3-4,8,12H,5H2,1-2H3,(H,14,18)(H,20,21)/t8-,12+/m1/s1. The van der Waals surface area contributed by atoms with Crippen molar-refractivity contribution >= 4 is 29.5 Å². The molecule has 0 bridgehead atoms. The molecule has 2 atom stereocenters. The predicted octanol–water partition coefficient (Wildman–Crippen LogP) is -0.208. The van der Waals surface area contributed by atoms with Gasteiger partial charge in [-0.1, -0.05) is 0 Å². The van der Waals surface area contributed by atoms with Gasteiger partial charge in [0, 0.05) is 19.0 Å². The summed E-state index contributed by atoms with van der Waals surface area (Å²) in [4.78, 5) is 36.8. The van der Waals surface area contributed by atoms with Gasteiger partial charge in [0.1, 0.15) is 22.8 Å². The maximum absolute atomic E-state index is 12.2. The predicted molar refractivity (Wildman–Crippen MR) is 77.9 cm³/mol. The fourth-order valence-corrected chi connectivity index (χ4v) is 3.82. The number of nitrogens with zero attached hydrogens (tertiary/aromatic N) is 3. The Morgan fingerprint density at radius 1 is 1.50 bits per heavy atom. The fourth-order valence-electron chi connectivity index (χ4n) is 2.53. The minimum absolute atomic E-state index is 0.0251. The third-order valence-corrected chi connectivity index (χ3v) is 5.02. The third-order valence-electron chi connectivity index (χ3n) is 3.59. The van der Waals surface area contributed by atoms with Crippen molar-refractivity contribution < 1.29 is 19.5 Å². The van der Waals surface area contributed by atoms with E-state index in [2.05, 4.69) is 10.4 Å². The third kappa shape index (κ3) is 2.17. The molecule has 0 aromatic carbocycles. The van der Waals surface area contributed by atoms with Gasteiger partial charge in [-0.15, -0.1) is 11.8 Å². The van der Waals surface area contributed by atoms with Crippen molar-refractivity contribution in [1.82, 2.24) is 20.0 Å². The molecule has 2 amide bonds. The first-order valence-electron chi connectivity index (χ1n) is 6.58. The summed E-state index contributed by atoms with van der Waals surface area (Å²) in [5, 5.41) is 15.5. The van der Waals surface area contributed by atoms with Crippen LogP contribution in [0.4, 0.5) is 0 Å². The molecule has 8 nitrogen and oxygen atoms in total. The van der Waals surface area contributed by atoms with Crippen LogP contribution in [-0.2, 0) is 16.6 Å². The Kier molecular flexibility index (Phi) is 3.44. The Hall–Kier alpha value is -2.29. The lowest BCUT2D eigenvalue weighted by Gasteiger charge is -2.49. The Bertz CT molecular complexity index is 711. The topological polar surface area (TPSA) is 105 Å². The van der Waals surface area contributed by atoms with E-state index in [1.165, 1.54) is 21.3 Å². The molecule has 1 aromatic rings. The second-order valence-electron chi connectivity index (χ2n) is 5.17. The molecule has 0 spiro atoms. The molecule has 9 heteroatoms. The second kappa shape index (κ2) is 5.16. The van der Waals surface area contributed by atoms with Gasteiger partial charge in [0.25, 0.3) is 11.8 Å². The van der Waals surface area contributed by atoms with Gasteiger partial charge in [-0.05, 0) is 18.6 Å². The molecule has 1 fully saturated rings. The van der Waals surface area contributed by atoms with Crippen LogP contribution in [0.1, 0.15) is 17.4 Å². The SMILES string of the molecule is CC1=C(C(=O)O)N2C(=O)[C@@H](NC(=O)c3ccn(C)n3)[C@@H]2SC1. The molecule has 2 aliphatic heterocycles. The molecule has 0 saturated carbocycles. The number of carbonyl (C=O) groups is 3. The van der Waals surface area contributed by atoms with Crippen LogP contribution < -0.4 is 5.32 Å². The summed E-state index contributed by atoms with van der Waals surface area (Å²) in [7, 11) is 1.69. The summed E-state index contributed by atoms with van der Waals surface area (Å²) >= 11 is 1.44. The zero-order valence-electron chi connectivity index (χ0n) is 11.9. The first kappa shape index (κ1) is 14.6. The van der Waals surface area contributed by atoms with Crippen LogP contribution in [0, 0.1) is 0 Å². The van der Waals surface area contributed by atoms with E-state index < -0.39 is 23.8 Å². The lowest BCUT2D eigenvalue weighted by Crippen LogP contribution is -2.70. The number of aromatic nitrogens is 2. The molecule has 2 N–H and O–H groups in total. The largest absolute Gasteiger partial charge is 0.477 e. The van der Waals surface area contributed by atoms with E-state index in [9.17, 15) is 19.5 Å². The number of carbonyl (C=O) groups excluding carboxylic acids is 2. The summed E-state index contributed by atoms with van der Waals surface area (Å²) in [6.07, 6.45) is 1.63. The van der Waals surface area contributed by atoms with Crippen molar-refractivity contribution in [3.8, 4) is 0 Å². The van der Waals surface area contributed by atoms with Crippen molar-refractivity contribution in [2.75, 3.05) is 5.75 Å². The van der Waals surface area contributed by atoms with E-state index in [1.807, 2.05) is 0 Å². The van der Waals surface area contributed by atoms with Crippen molar-refractivity contribution in [3.05, 3.63) is 29.2 Å². The first-order chi connectivity index (χ1) is 10.4. The normalized spacial score (nSPS) is 23.9. The zero-order valence-corrected chi connectivity index (χ0v) is 12.8. The Labute approximate surface area is 130 Å². The van der Waals surface area contributed by atoms with Crippen molar-refractivity contribution in [2.24, 2.45) is 7.05 Å². The summed E-state index contributed by atoms with van der Waals surface area (Å²) in [5.74, 6) is -1.45. The van der Waals surface area contributed by atoms with E-state index in [4.69, 9.17) is 0 Å². The molecule has 0 unspecified atom stereocenters. The molecule has 1 aromatic heterocycles. The van der Waals surface area contributed by atoms with E-state index in [0.29, 0.717) is 11.3 Å². The summed E-state index contributed by atoms with van der Waals surface area (Å²) in [6, 6.07) is 0.832. The number of amides is 2. The number of thioether (sulfide) groups is 1. The molecular weight excluding hydrogens is 308 g/mol. The van der Waals surface area contributed by atoms with Gasteiger partial charge in [-0.2, -0.15) is 5.10 Å². The van der Waals surface area contributed by atoms with Gasteiger partial charge in [-0.25, -0.2) is 4.79 Å². The number of aryl methyl sites for hydroxylation is 1. The molecule has 2 aliphatic rings. The summed E-state index contributed by atoms with van der Waals surface area (Å²) in [5.41, 5.74) is 0.897. The Morgan fingerprint density at radius 3 is 2.82 bits per heavy atom. The number of aliphatic carboxylic acids is 1. The number of hydrogen-bond acceptors (Lipinski definition) is 5. The average Bonchev–Trinajstić information content (AvgIpc) is 2.90. The minimum Gasteiger partial charge on any atom is -0.477 e. The number of hydrogen-bond donors (Lipinski definition) is 2. The lowest BCUT2D eigenvalue weighted by atomic mass is 10.0. The highest BCUT2D eigenvalue weighted by atomic mass is 32.2. The highest BCUT2D eigenvalue weighted by Crippen LogP contribution is 2.40. The van der Waals surface area contributed by atoms with E-state index >= 15 is 0 Å². The van der Waals surface area contributed by atoms with Crippen molar-refractivity contribution in [2.45, 2.75) is 18.3 Å². The van der Waals surface area contributed by atoms with Gasteiger partial charge in [0.15, 0.2) is 0 Å². The van der Waals surface area contributed by atoms with E-state index in [0.717, 1.165) is 0 Å². The molecule has 22 heavy (non-hydrogen) atoms. The van der Waals surface area contributed by atoms with Gasteiger partial charge >= 0.3 is 5.97 Å². The number of carboxylic acids is 1. The van der Waals surface area contributed by atoms with Crippen LogP contribution in [0.15, 0.2) is 23.5 Å². The smallest absolute Gasteiger partial charge is 0.352 e. The average molecular weight is 322 g/mol. The number of β-lactam (4-membered cyclic amide) rings is 1. The molecule has 0 aliphatic carbocycles. The Balaban J connectivity index is 1.76. The van der Waals surface area contributed by atoms with Crippen molar-refractivity contribution in [1.29, 1.82) is 0 Å². The molecular formula is C13H14N4O4S. The Morgan fingerprint density at radius 2 is 2.23 bits per heavy atom. The van der Waals surface area contributed by atoms with E-state index in [1.54, 1.807) is 26.2 Å². The van der Waals surface area contributed by atoms with Crippen LogP contribution in [0.2, 0.25) is 0 Å². The molecule has 3 heterocycles. The second-order valence-corrected chi connectivity index (χ2v) is 6.27. The molecule has 0 radical (unpaired) electrons. The molecule has 1 saturated heterocycles. The van der Waals surface area contributed by atoms with Crippen molar-refractivity contribution in [3.63, 3.8) is 0 Å². The monoisotopic (exact) mass is 322 g/mol. The minimum atomic E-state index is -1.12. The van der Waals surface area contributed by atoms with Gasteiger partial charge in [0.2, 0.25) is 0 Å². The zero-order chi connectivity index (χ0) is 16.0. The fraction of sp³-hybridized carbons (Fsp3) is 0.385. The van der Waals surface area contributed by atoms with Crippen LogP contribution >= 0.6 is 11.8 Å². The number of nitrogens with one attached hydrogen (secondary N) is 1. The summed E-state index contributed by atoms with van der Waals surface area (Å²) in [6.45, 7) is 1.69. The van der Waals surface area contributed by atoms with Gasteiger partial charge in [0.05, 0.1) is 0 Å². The maximum atomic E-state index is 12.2. The van der Waals surface area contributed by atoms with Gasteiger partial charge < -0.3 is 10.4 Å². The highest BCUT2D eigenvalue weighted by molar-refractivity contribution is 8.00.